The summed E-state index contributed by atoms with van der Waals surface area (Å²) in [6.07, 6.45) is 0.974. The molecular formula is C18H24N2O5. The average Bonchev–Trinajstić information content (AvgIpc) is 2.90. The Hall–Kier alpha value is -2.41. The van der Waals surface area contributed by atoms with Crippen LogP contribution in [0, 0.1) is 0 Å². The minimum Gasteiger partial charge on any atom is -0.507 e. The molecule has 7 nitrogen and oxygen atoms in total. The lowest BCUT2D eigenvalue weighted by atomic mass is 10.1. The monoisotopic (exact) mass is 348 g/mol. The van der Waals surface area contributed by atoms with Crippen LogP contribution >= 0.6 is 0 Å². The van der Waals surface area contributed by atoms with E-state index in [0.29, 0.717) is 49.3 Å². The molecule has 1 aromatic heterocycles. The van der Waals surface area contributed by atoms with Crippen LogP contribution in [0.1, 0.15) is 26.3 Å². The van der Waals surface area contributed by atoms with Crippen LogP contribution < -0.4 is 0 Å². The van der Waals surface area contributed by atoms with Gasteiger partial charge in [0.2, 0.25) is 0 Å². The summed E-state index contributed by atoms with van der Waals surface area (Å²) in [6.45, 7) is 8.50. The molecule has 136 valence electrons. The Balaban J connectivity index is 1.65. The van der Waals surface area contributed by atoms with Crippen molar-refractivity contribution in [3.8, 4) is 11.5 Å². The van der Waals surface area contributed by atoms with E-state index in [2.05, 4.69) is 4.90 Å². The first-order valence-corrected chi connectivity index (χ1v) is 8.36. The van der Waals surface area contributed by atoms with Crippen molar-refractivity contribution < 1.29 is 24.2 Å². The van der Waals surface area contributed by atoms with Crippen LogP contribution in [-0.4, -0.2) is 57.9 Å². The first-order valence-electron chi connectivity index (χ1n) is 8.36. The normalized spacial score (nSPS) is 16.4. The van der Waals surface area contributed by atoms with Crippen molar-refractivity contribution in [3.05, 3.63) is 24.0 Å². The standard InChI is InChI=1S/C18H24N2O5/c1-18(2,3)25-17(23)20-8-6-19(7-9-20)10-13-14(21)5-4-12-15(22)11-24-16(12)13/h4-5,11,21-22H,6-10H2,1-3H3. The average molecular weight is 348 g/mol. The van der Waals surface area contributed by atoms with Gasteiger partial charge < -0.3 is 24.3 Å². The van der Waals surface area contributed by atoms with Gasteiger partial charge in [0.1, 0.15) is 23.2 Å². The van der Waals surface area contributed by atoms with Gasteiger partial charge in [-0.25, -0.2) is 4.79 Å². The summed E-state index contributed by atoms with van der Waals surface area (Å²) in [5.74, 6) is 0.197. The fraction of sp³-hybridized carbons (Fsp3) is 0.500. The van der Waals surface area contributed by atoms with E-state index in [9.17, 15) is 15.0 Å². The zero-order valence-electron chi connectivity index (χ0n) is 14.8. The maximum absolute atomic E-state index is 12.1. The van der Waals surface area contributed by atoms with Crippen LogP contribution in [0.5, 0.6) is 11.5 Å². The number of benzene rings is 1. The summed E-state index contributed by atoms with van der Waals surface area (Å²) in [6, 6.07) is 3.19. The van der Waals surface area contributed by atoms with Gasteiger partial charge in [-0.15, -0.1) is 0 Å². The number of nitrogens with zero attached hydrogens (tertiary/aromatic N) is 2. The lowest BCUT2D eigenvalue weighted by Crippen LogP contribution is -2.49. The highest BCUT2D eigenvalue weighted by Crippen LogP contribution is 2.34. The summed E-state index contributed by atoms with van der Waals surface area (Å²) in [5.41, 5.74) is 0.632. The molecule has 1 saturated heterocycles. The van der Waals surface area contributed by atoms with Gasteiger partial charge in [0.05, 0.1) is 10.9 Å². The van der Waals surface area contributed by atoms with Crippen molar-refractivity contribution in [1.82, 2.24) is 9.80 Å². The first-order chi connectivity index (χ1) is 11.7. The predicted octanol–water partition coefficient (Wildman–Crippen LogP) is 2.90. The van der Waals surface area contributed by atoms with E-state index in [1.54, 1.807) is 17.0 Å². The van der Waals surface area contributed by atoms with Crippen LogP contribution in [0.3, 0.4) is 0 Å². The Kier molecular flexibility index (Phi) is 4.51. The molecule has 25 heavy (non-hydrogen) atoms. The van der Waals surface area contributed by atoms with Gasteiger partial charge in [-0.3, -0.25) is 4.90 Å². The van der Waals surface area contributed by atoms with Crippen molar-refractivity contribution in [1.29, 1.82) is 0 Å². The van der Waals surface area contributed by atoms with Crippen molar-refractivity contribution >= 4 is 17.1 Å². The Labute approximate surface area is 146 Å². The zero-order chi connectivity index (χ0) is 18.2. The van der Waals surface area contributed by atoms with Gasteiger partial charge in [-0.1, -0.05) is 0 Å². The minimum atomic E-state index is -0.503. The highest BCUT2D eigenvalue weighted by molar-refractivity contribution is 5.87. The molecular weight excluding hydrogens is 324 g/mol. The Morgan fingerprint density at radius 2 is 1.84 bits per heavy atom. The molecule has 2 heterocycles. The molecule has 7 heteroatoms. The Bertz CT molecular complexity index is 770. The minimum absolute atomic E-state index is 0.0611. The molecule has 0 radical (unpaired) electrons. The van der Waals surface area contributed by atoms with Gasteiger partial charge in [0.15, 0.2) is 5.75 Å². The molecule has 3 rings (SSSR count). The van der Waals surface area contributed by atoms with E-state index >= 15 is 0 Å². The number of ether oxygens (including phenoxy) is 1. The summed E-state index contributed by atoms with van der Waals surface area (Å²) in [4.78, 5) is 15.9. The fourth-order valence-electron chi connectivity index (χ4n) is 2.92. The molecule has 1 fully saturated rings. The Morgan fingerprint density at radius 1 is 1.16 bits per heavy atom. The molecule has 2 aromatic rings. The van der Waals surface area contributed by atoms with Crippen LogP contribution in [0.4, 0.5) is 4.79 Å². The molecule has 1 amide bonds. The molecule has 0 aliphatic carbocycles. The van der Waals surface area contributed by atoms with E-state index in [4.69, 9.17) is 9.15 Å². The van der Waals surface area contributed by atoms with E-state index in [1.807, 2.05) is 20.8 Å². The van der Waals surface area contributed by atoms with Crippen molar-refractivity contribution in [3.63, 3.8) is 0 Å². The van der Waals surface area contributed by atoms with Crippen LogP contribution in [0.15, 0.2) is 22.8 Å². The quantitative estimate of drug-likeness (QED) is 0.868. The predicted molar refractivity (Wildman–Crippen MR) is 92.6 cm³/mol. The fourth-order valence-corrected chi connectivity index (χ4v) is 2.92. The summed E-state index contributed by atoms with van der Waals surface area (Å²) < 4.78 is 10.8. The van der Waals surface area contributed by atoms with Gasteiger partial charge in [-0.2, -0.15) is 0 Å². The number of piperazine rings is 1. The van der Waals surface area contributed by atoms with Crippen molar-refractivity contribution in [2.45, 2.75) is 32.9 Å². The Morgan fingerprint density at radius 3 is 2.48 bits per heavy atom. The molecule has 2 N–H and O–H groups in total. The van der Waals surface area contributed by atoms with Crippen LogP contribution in [-0.2, 0) is 11.3 Å². The number of amides is 1. The molecule has 0 spiro atoms. The maximum atomic E-state index is 12.1. The lowest BCUT2D eigenvalue weighted by molar-refractivity contribution is 0.0138. The third-order valence-electron chi connectivity index (χ3n) is 4.21. The van der Waals surface area contributed by atoms with Gasteiger partial charge in [-0.05, 0) is 32.9 Å². The number of carbonyl (C=O) groups excluding carboxylic acids is 1. The SMILES string of the molecule is CC(C)(C)OC(=O)N1CCN(Cc2c(O)ccc3c(O)coc23)CC1. The molecule has 0 saturated carbocycles. The third kappa shape index (κ3) is 3.82. The molecule has 1 aliphatic rings. The molecule has 1 aromatic carbocycles. The highest BCUT2D eigenvalue weighted by atomic mass is 16.6. The number of aromatic hydroxyl groups is 2. The van der Waals surface area contributed by atoms with Crippen LogP contribution in [0.25, 0.3) is 11.0 Å². The third-order valence-corrected chi connectivity index (χ3v) is 4.21. The second-order valence-corrected chi connectivity index (χ2v) is 7.30. The number of fused-ring (bicyclic) bond motifs is 1. The lowest BCUT2D eigenvalue weighted by Gasteiger charge is -2.35. The first kappa shape index (κ1) is 17.4. The number of carbonyl (C=O) groups is 1. The highest BCUT2D eigenvalue weighted by Gasteiger charge is 2.26. The number of phenols is 1. The topological polar surface area (TPSA) is 86.4 Å². The largest absolute Gasteiger partial charge is 0.507 e. The van der Waals surface area contributed by atoms with Gasteiger partial charge in [0, 0.05) is 32.7 Å². The molecule has 0 atom stereocenters. The number of hydrogen-bond acceptors (Lipinski definition) is 6. The molecule has 0 bridgehead atoms. The second-order valence-electron chi connectivity index (χ2n) is 7.30. The van der Waals surface area contributed by atoms with E-state index < -0.39 is 5.60 Å². The van der Waals surface area contributed by atoms with Crippen LogP contribution in [0.2, 0.25) is 0 Å². The number of furan rings is 1. The summed E-state index contributed by atoms with van der Waals surface area (Å²) in [5, 5.41) is 20.5. The summed E-state index contributed by atoms with van der Waals surface area (Å²) in [7, 11) is 0. The number of phenolic OH excluding ortho intramolecular Hbond substituents is 1. The van der Waals surface area contributed by atoms with E-state index in [-0.39, 0.29) is 17.6 Å². The van der Waals surface area contributed by atoms with Gasteiger partial charge in [0.25, 0.3) is 0 Å². The number of rotatable bonds is 2. The number of hydrogen-bond donors (Lipinski definition) is 2. The maximum Gasteiger partial charge on any atom is 0.410 e. The second kappa shape index (κ2) is 6.48. The summed E-state index contributed by atoms with van der Waals surface area (Å²) >= 11 is 0. The molecule has 0 unspecified atom stereocenters. The van der Waals surface area contributed by atoms with Crippen molar-refractivity contribution in [2.24, 2.45) is 0 Å². The van der Waals surface area contributed by atoms with E-state index in [1.165, 1.54) is 6.26 Å². The molecule has 1 aliphatic heterocycles. The van der Waals surface area contributed by atoms with Gasteiger partial charge >= 0.3 is 6.09 Å². The van der Waals surface area contributed by atoms with Crippen molar-refractivity contribution in [2.75, 3.05) is 26.2 Å². The van der Waals surface area contributed by atoms with E-state index in [0.717, 1.165) is 0 Å². The zero-order valence-corrected chi connectivity index (χ0v) is 14.8. The smallest absolute Gasteiger partial charge is 0.410 e.